The van der Waals surface area contributed by atoms with E-state index in [1.54, 1.807) is 0 Å². The number of alkyl halides is 3. The third-order valence-corrected chi connectivity index (χ3v) is 1.70. The Morgan fingerprint density at radius 1 is 1.38 bits per heavy atom. The summed E-state index contributed by atoms with van der Waals surface area (Å²) >= 11 is 0. The summed E-state index contributed by atoms with van der Waals surface area (Å²) in [6, 6.07) is -1.30. The smallest absolute Gasteiger partial charge is 0.464 e. The molecule has 1 amide bonds. The Hall–Kier alpha value is -1.27. The van der Waals surface area contributed by atoms with Gasteiger partial charge in [-0.15, -0.1) is 0 Å². The Balaban J connectivity index is 4.01. The van der Waals surface area contributed by atoms with Crippen molar-refractivity contribution in [3.63, 3.8) is 0 Å². The molecule has 0 radical (unpaired) electrons. The minimum Gasteiger partial charge on any atom is -0.464 e. The van der Waals surface area contributed by atoms with Crippen LogP contribution in [-0.4, -0.2) is 30.7 Å². The predicted molar refractivity (Wildman–Crippen MR) is 49.5 cm³/mol. The Morgan fingerprint density at radius 3 is 2.38 bits per heavy atom. The van der Waals surface area contributed by atoms with Gasteiger partial charge in [-0.25, -0.2) is 4.79 Å². The van der Waals surface area contributed by atoms with Crippen LogP contribution in [0.4, 0.5) is 13.2 Å². The summed E-state index contributed by atoms with van der Waals surface area (Å²) in [6.07, 6.45) is -3.56. The second-order valence-electron chi connectivity index (χ2n) is 3.21. The summed E-state index contributed by atoms with van der Waals surface area (Å²) < 4.78 is 40.1. The monoisotopic (exact) mass is 241 g/mol. The van der Waals surface area contributed by atoms with E-state index in [0.717, 1.165) is 13.3 Å². The Bertz CT molecular complexity index is 253. The van der Waals surface area contributed by atoms with Gasteiger partial charge in [0.25, 0.3) is 0 Å². The highest BCUT2D eigenvalue weighted by Crippen LogP contribution is 2.14. The lowest BCUT2D eigenvalue weighted by atomic mass is 10.3. The minimum atomic E-state index is -4.99. The predicted octanol–water partition coefficient (Wildman–Crippen LogP) is 1.40. The molecule has 0 aliphatic rings. The molecule has 4 nitrogen and oxygen atoms in total. The lowest BCUT2D eigenvalue weighted by Gasteiger charge is -2.14. The topological polar surface area (TPSA) is 55.4 Å². The van der Waals surface area contributed by atoms with Crippen molar-refractivity contribution in [3.8, 4) is 0 Å². The van der Waals surface area contributed by atoms with Gasteiger partial charge in [-0.1, -0.05) is 13.3 Å². The van der Waals surface area contributed by atoms with E-state index < -0.39 is 24.1 Å². The van der Waals surface area contributed by atoms with Crippen LogP contribution in [0.1, 0.15) is 26.7 Å². The summed E-state index contributed by atoms with van der Waals surface area (Å²) in [4.78, 5) is 21.5. The van der Waals surface area contributed by atoms with Gasteiger partial charge in [-0.2, -0.15) is 13.2 Å². The second-order valence-corrected chi connectivity index (χ2v) is 3.21. The van der Waals surface area contributed by atoms with Crippen molar-refractivity contribution in [2.75, 3.05) is 6.61 Å². The van der Waals surface area contributed by atoms with E-state index in [1.165, 1.54) is 5.32 Å². The number of esters is 1. The molecule has 1 N–H and O–H groups in total. The fraction of sp³-hybridized carbons (Fsp3) is 0.778. The summed E-state index contributed by atoms with van der Waals surface area (Å²) in [5.41, 5.74) is 0. The first-order valence-corrected chi connectivity index (χ1v) is 4.83. The van der Waals surface area contributed by atoms with Crippen molar-refractivity contribution >= 4 is 11.9 Å². The fourth-order valence-electron chi connectivity index (χ4n) is 0.779. The van der Waals surface area contributed by atoms with E-state index in [9.17, 15) is 22.8 Å². The third kappa shape index (κ3) is 5.57. The zero-order valence-corrected chi connectivity index (χ0v) is 9.06. The van der Waals surface area contributed by atoms with Crippen molar-refractivity contribution in [3.05, 3.63) is 0 Å². The summed E-state index contributed by atoms with van der Waals surface area (Å²) in [7, 11) is 0. The molecule has 7 heteroatoms. The van der Waals surface area contributed by atoms with Crippen molar-refractivity contribution in [2.24, 2.45) is 0 Å². The van der Waals surface area contributed by atoms with Crippen molar-refractivity contribution < 1.29 is 27.5 Å². The molecule has 0 aliphatic heterocycles. The highest BCUT2D eigenvalue weighted by Gasteiger charge is 2.40. The third-order valence-electron chi connectivity index (χ3n) is 1.70. The number of rotatable bonds is 5. The molecule has 0 aromatic rings. The van der Waals surface area contributed by atoms with E-state index >= 15 is 0 Å². The molecule has 0 saturated heterocycles. The molecule has 0 spiro atoms. The first-order chi connectivity index (χ1) is 7.29. The number of unbranched alkanes of at least 4 members (excludes halogenated alkanes) is 1. The normalized spacial score (nSPS) is 13.1. The highest BCUT2D eigenvalue weighted by molar-refractivity contribution is 5.87. The van der Waals surface area contributed by atoms with Crippen LogP contribution in [0.5, 0.6) is 0 Å². The van der Waals surface area contributed by atoms with Crippen molar-refractivity contribution in [1.29, 1.82) is 0 Å². The molecule has 0 fully saturated rings. The van der Waals surface area contributed by atoms with Crippen LogP contribution in [-0.2, 0) is 14.3 Å². The molecule has 0 unspecified atom stereocenters. The van der Waals surface area contributed by atoms with Crippen LogP contribution in [0.15, 0.2) is 0 Å². The standard InChI is InChI=1S/C9H14F3NO3/c1-3-4-5-16-7(14)6(2)13-8(15)9(10,11)12/h6H,3-5H2,1-2H3,(H,13,15)/t6-/m0/s1. The van der Waals surface area contributed by atoms with Gasteiger partial charge in [0.15, 0.2) is 0 Å². The number of carbonyl (C=O) groups excluding carboxylic acids is 2. The Labute approximate surface area is 91.1 Å². The van der Waals surface area contributed by atoms with Crippen LogP contribution in [0.2, 0.25) is 0 Å². The SMILES string of the molecule is CCCCOC(=O)[C@H](C)NC(=O)C(F)(F)F. The second kappa shape index (κ2) is 6.34. The number of carbonyl (C=O) groups is 2. The Morgan fingerprint density at radius 2 is 1.94 bits per heavy atom. The van der Waals surface area contributed by atoms with Gasteiger partial charge < -0.3 is 10.1 Å². The van der Waals surface area contributed by atoms with Gasteiger partial charge in [-0.3, -0.25) is 4.79 Å². The number of hydrogen-bond acceptors (Lipinski definition) is 3. The average molecular weight is 241 g/mol. The fourth-order valence-corrected chi connectivity index (χ4v) is 0.779. The van der Waals surface area contributed by atoms with E-state index in [-0.39, 0.29) is 6.61 Å². The number of hydrogen-bond donors (Lipinski definition) is 1. The molecule has 0 bridgehead atoms. The Kier molecular flexibility index (Phi) is 5.84. The highest BCUT2D eigenvalue weighted by atomic mass is 19.4. The maximum atomic E-state index is 11.8. The van der Waals surface area contributed by atoms with Gasteiger partial charge in [0.1, 0.15) is 6.04 Å². The van der Waals surface area contributed by atoms with Crippen LogP contribution in [0.25, 0.3) is 0 Å². The molecule has 1 atom stereocenters. The van der Waals surface area contributed by atoms with Crippen molar-refractivity contribution in [1.82, 2.24) is 5.32 Å². The zero-order chi connectivity index (χ0) is 12.8. The molecule has 0 aromatic heterocycles. The van der Waals surface area contributed by atoms with Crippen LogP contribution in [0, 0.1) is 0 Å². The molecule has 94 valence electrons. The molecule has 0 aliphatic carbocycles. The molecule has 16 heavy (non-hydrogen) atoms. The lowest BCUT2D eigenvalue weighted by molar-refractivity contribution is -0.175. The van der Waals surface area contributed by atoms with Gasteiger partial charge in [0.05, 0.1) is 6.61 Å². The maximum absolute atomic E-state index is 11.8. The first kappa shape index (κ1) is 14.7. The quantitative estimate of drug-likeness (QED) is 0.584. The maximum Gasteiger partial charge on any atom is 0.471 e. The number of halogens is 3. The van der Waals surface area contributed by atoms with E-state index in [2.05, 4.69) is 4.74 Å². The van der Waals surface area contributed by atoms with Crippen molar-refractivity contribution in [2.45, 2.75) is 38.9 Å². The summed E-state index contributed by atoms with van der Waals surface area (Å²) in [5, 5.41) is 1.51. The van der Waals surface area contributed by atoms with Gasteiger partial charge in [0, 0.05) is 0 Å². The molecular weight excluding hydrogens is 227 g/mol. The largest absolute Gasteiger partial charge is 0.471 e. The van der Waals surface area contributed by atoms with E-state index in [4.69, 9.17) is 0 Å². The number of nitrogens with one attached hydrogen (secondary N) is 1. The average Bonchev–Trinajstić information content (AvgIpc) is 2.16. The lowest BCUT2D eigenvalue weighted by Crippen LogP contribution is -2.45. The van der Waals surface area contributed by atoms with Gasteiger partial charge >= 0.3 is 18.1 Å². The van der Waals surface area contributed by atoms with Crippen LogP contribution >= 0.6 is 0 Å². The molecule has 0 heterocycles. The minimum absolute atomic E-state index is 0.140. The summed E-state index contributed by atoms with van der Waals surface area (Å²) in [5.74, 6) is -3.02. The van der Waals surface area contributed by atoms with Crippen LogP contribution in [0.3, 0.4) is 0 Å². The molecule has 0 aromatic carbocycles. The molecule has 0 rings (SSSR count). The van der Waals surface area contributed by atoms with Gasteiger partial charge in [-0.05, 0) is 13.3 Å². The summed E-state index contributed by atoms with van der Waals surface area (Å²) in [6.45, 7) is 3.15. The van der Waals surface area contributed by atoms with E-state index in [0.29, 0.717) is 6.42 Å². The van der Waals surface area contributed by atoms with E-state index in [1.807, 2.05) is 6.92 Å². The molecule has 0 saturated carbocycles. The van der Waals surface area contributed by atoms with Crippen LogP contribution < -0.4 is 5.32 Å². The zero-order valence-electron chi connectivity index (χ0n) is 9.06. The first-order valence-electron chi connectivity index (χ1n) is 4.83. The molecular formula is C9H14F3NO3. The number of amides is 1. The number of ether oxygens (including phenoxy) is 1. The van der Waals surface area contributed by atoms with Gasteiger partial charge in [0.2, 0.25) is 0 Å².